The van der Waals surface area contributed by atoms with Crippen LogP contribution in [0.25, 0.3) is 11.3 Å². The Labute approximate surface area is 153 Å². The Kier molecular flexibility index (Phi) is 5.37. The first-order valence-corrected chi connectivity index (χ1v) is 8.21. The summed E-state index contributed by atoms with van der Waals surface area (Å²) in [7, 11) is 6.51. The number of methoxy groups -OCH3 is 4. The van der Waals surface area contributed by atoms with Gasteiger partial charge in [0, 0.05) is 24.1 Å². The van der Waals surface area contributed by atoms with Gasteiger partial charge in [-0.05, 0) is 24.3 Å². The largest absolute Gasteiger partial charge is 0.496 e. The van der Waals surface area contributed by atoms with E-state index in [-0.39, 0.29) is 0 Å². The Morgan fingerprint density at radius 3 is 2.00 bits per heavy atom. The molecular formula is C21H22O5. The molecule has 0 aliphatic carbocycles. The standard InChI is InChI=1S/C21H22O5/c1-22-15-12-20(24-3)17(21(13-15)25-4)11-14-9-10-19(26-14)16-7-5-6-8-18(16)23-2/h5-10,12-13H,11H2,1-4H3. The second-order valence-electron chi connectivity index (χ2n) is 5.65. The van der Waals surface area contributed by atoms with E-state index in [0.29, 0.717) is 23.7 Å². The van der Waals surface area contributed by atoms with Gasteiger partial charge in [-0.25, -0.2) is 0 Å². The molecule has 0 fully saturated rings. The predicted octanol–water partition coefficient (Wildman–Crippen LogP) is 4.57. The van der Waals surface area contributed by atoms with Gasteiger partial charge in [0.25, 0.3) is 0 Å². The third-order valence-electron chi connectivity index (χ3n) is 4.20. The molecule has 0 amide bonds. The molecule has 0 radical (unpaired) electrons. The van der Waals surface area contributed by atoms with Crippen LogP contribution in [0.2, 0.25) is 0 Å². The minimum atomic E-state index is 0.533. The van der Waals surface area contributed by atoms with Crippen LogP contribution in [0.5, 0.6) is 23.0 Å². The van der Waals surface area contributed by atoms with Crippen molar-refractivity contribution in [1.82, 2.24) is 0 Å². The Balaban J connectivity index is 1.95. The van der Waals surface area contributed by atoms with E-state index >= 15 is 0 Å². The van der Waals surface area contributed by atoms with Gasteiger partial charge in [0.15, 0.2) is 0 Å². The minimum Gasteiger partial charge on any atom is -0.496 e. The van der Waals surface area contributed by atoms with Gasteiger partial charge < -0.3 is 23.4 Å². The molecule has 0 unspecified atom stereocenters. The third kappa shape index (κ3) is 3.47. The van der Waals surface area contributed by atoms with Crippen molar-refractivity contribution in [3.8, 4) is 34.3 Å². The van der Waals surface area contributed by atoms with Crippen LogP contribution in [0.3, 0.4) is 0 Å². The highest BCUT2D eigenvalue weighted by atomic mass is 16.5. The Hall–Kier alpha value is -3.08. The summed E-state index contributed by atoms with van der Waals surface area (Å²) in [6, 6.07) is 15.3. The topological polar surface area (TPSA) is 50.1 Å². The number of hydrogen-bond donors (Lipinski definition) is 0. The quantitative estimate of drug-likeness (QED) is 0.622. The molecular weight excluding hydrogens is 332 g/mol. The fraction of sp³-hybridized carbons (Fsp3) is 0.238. The van der Waals surface area contributed by atoms with Gasteiger partial charge in [0.2, 0.25) is 0 Å². The zero-order valence-electron chi connectivity index (χ0n) is 15.4. The molecule has 0 aliphatic heterocycles. The van der Waals surface area contributed by atoms with E-state index in [1.807, 2.05) is 48.5 Å². The average Bonchev–Trinajstić information content (AvgIpc) is 3.16. The summed E-state index contributed by atoms with van der Waals surface area (Å²) in [5, 5.41) is 0. The highest BCUT2D eigenvalue weighted by Gasteiger charge is 2.17. The lowest BCUT2D eigenvalue weighted by Crippen LogP contribution is -1.99. The third-order valence-corrected chi connectivity index (χ3v) is 4.20. The smallest absolute Gasteiger partial charge is 0.138 e. The summed E-state index contributed by atoms with van der Waals surface area (Å²) in [5.74, 6) is 4.38. The molecule has 0 spiro atoms. The summed E-state index contributed by atoms with van der Waals surface area (Å²) >= 11 is 0. The highest BCUT2D eigenvalue weighted by Crippen LogP contribution is 2.37. The van der Waals surface area contributed by atoms with Crippen LogP contribution in [0.1, 0.15) is 11.3 Å². The Bertz CT molecular complexity index is 857. The first-order chi connectivity index (χ1) is 12.7. The zero-order chi connectivity index (χ0) is 18.5. The lowest BCUT2D eigenvalue weighted by Gasteiger charge is -2.14. The fourth-order valence-corrected chi connectivity index (χ4v) is 2.89. The van der Waals surface area contributed by atoms with Crippen molar-refractivity contribution < 1.29 is 23.4 Å². The molecule has 5 heteroatoms. The molecule has 1 aromatic heterocycles. The maximum atomic E-state index is 6.05. The van der Waals surface area contributed by atoms with Crippen LogP contribution in [0.15, 0.2) is 52.9 Å². The molecule has 5 nitrogen and oxygen atoms in total. The molecule has 0 aliphatic rings. The van der Waals surface area contributed by atoms with Crippen LogP contribution in [-0.4, -0.2) is 28.4 Å². The van der Waals surface area contributed by atoms with Gasteiger partial charge in [-0.3, -0.25) is 0 Å². The molecule has 26 heavy (non-hydrogen) atoms. The molecule has 0 N–H and O–H groups in total. The summed E-state index contributed by atoms with van der Waals surface area (Å²) < 4.78 is 27.8. The maximum Gasteiger partial charge on any atom is 0.138 e. The number of para-hydroxylation sites is 1. The number of hydrogen-bond acceptors (Lipinski definition) is 5. The Morgan fingerprint density at radius 1 is 0.731 bits per heavy atom. The molecule has 1 heterocycles. The molecule has 0 saturated heterocycles. The van der Waals surface area contributed by atoms with E-state index in [9.17, 15) is 0 Å². The predicted molar refractivity (Wildman–Crippen MR) is 99.6 cm³/mol. The number of benzene rings is 2. The SMILES string of the molecule is COc1cc(OC)c(Cc2ccc(-c3ccccc3OC)o2)c(OC)c1. The van der Waals surface area contributed by atoms with Crippen LogP contribution in [-0.2, 0) is 6.42 Å². The normalized spacial score (nSPS) is 10.5. The van der Waals surface area contributed by atoms with Gasteiger partial charge in [-0.15, -0.1) is 0 Å². The van der Waals surface area contributed by atoms with Crippen LogP contribution in [0, 0.1) is 0 Å². The van der Waals surface area contributed by atoms with Crippen LogP contribution < -0.4 is 18.9 Å². The maximum absolute atomic E-state index is 6.05. The lowest BCUT2D eigenvalue weighted by atomic mass is 10.1. The monoisotopic (exact) mass is 354 g/mol. The van der Waals surface area contributed by atoms with Crippen molar-refractivity contribution in [2.75, 3.05) is 28.4 Å². The van der Waals surface area contributed by atoms with Gasteiger partial charge in [-0.1, -0.05) is 12.1 Å². The number of furan rings is 1. The molecule has 3 aromatic rings. The molecule has 0 bridgehead atoms. The van der Waals surface area contributed by atoms with Crippen LogP contribution >= 0.6 is 0 Å². The zero-order valence-corrected chi connectivity index (χ0v) is 15.4. The molecule has 0 saturated carbocycles. The van der Waals surface area contributed by atoms with E-state index in [0.717, 1.165) is 28.4 Å². The van der Waals surface area contributed by atoms with E-state index < -0.39 is 0 Å². The number of ether oxygens (including phenoxy) is 4. The molecule has 0 atom stereocenters. The van der Waals surface area contributed by atoms with Crippen molar-refractivity contribution in [1.29, 1.82) is 0 Å². The van der Waals surface area contributed by atoms with Crippen LogP contribution in [0.4, 0.5) is 0 Å². The molecule has 3 rings (SSSR count). The minimum absolute atomic E-state index is 0.533. The summed E-state index contributed by atoms with van der Waals surface area (Å²) in [6.45, 7) is 0. The molecule has 2 aromatic carbocycles. The van der Waals surface area contributed by atoms with Crippen molar-refractivity contribution in [2.45, 2.75) is 6.42 Å². The van der Waals surface area contributed by atoms with E-state index in [2.05, 4.69) is 0 Å². The summed E-state index contributed by atoms with van der Waals surface area (Å²) in [4.78, 5) is 0. The van der Waals surface area contributed by atoms with Gasteiger partial charge in [-0.2, -0.15) is 0 Å². The Morgan fingerprint density at radius 2 is 1.38 bits per heavy atom. The first-order valence-electron chi connectivity index (χ1n) is 8.21. The van der Waals surface area contributed by atoms with Gasteiger partial charge in [0.05, 0.1) is 34.0 Å². The lowest BCUT2D eigenvalue weighted by molar-refractivity contribution is 0.368. The second-order valence-corrected chi connectivity index (χ2v) is 5.65. The van der Waals surface area contributed by atoms with Gasteiger partial charge in [0.1, 0.15) is 34.5 Å². The summed E-state index contributed by atoms with van der Waals surface area (Å²) in [6.07, 6.45) is 0.533. The van der Waals surface area contributed by atoms with Crippen molar-refractivity contribution in [3.05, 3.63) is 59.9 Å². The van der Waals surface area contributed by atoms with Crippen molar-refractivity contribution in [3.63, 3.8) is 0 Å². The van der Waals surface area contributed by atoms with Crippen molar-refractivity contribution >= 4 is 0 Å². The van der Waals surface area contributed by atoms with Gasteiger partial charge >= 0.3 is 0 Å². The van der Waals surface area contributed by atoms with E-state index in [1.165, 1.54) is 0 Å². The molecule has 136 valence electrons. The second kappa shape index (κ2) is 7.87. The number of rotatable bonds is 7. The highest BCUT2D eigenvalue weighted by molar-refractivity contribution is 5.66. The first kappa shape index (κ1) is 17.7. The fourth-order valence-electron chi connectivity index (χ4n) is 2.89. The van der Waals surface area contributed by atoms with E-state index in [4.69, 9.17) is 23.4 Å². The summed E-state index contributed by atoms with van der Waals surface area (Å²) in [5.41, 5.74) is 1.81. The average molecular weight is 354 g/mol. The van der Waals surface area contributed by atoms with E-state index in [1.54, 1.807) is 28.4 Å². The van der Waals surface area contributed by atoms with Crippen molar-refractivity contribution in [2.24, 2.45) is 0 Å².